The molecule has 0 radical (unpaired) electrons. The lowest BCUT2D eigenvalue weighted by molar-refractivity contribution is 1.28. The molecule has 36 valence electrons. The van der Waals surface area contributed by atoms with Gasteiger partial charge in [-0.2, -0.15) is 0 Å². The molecule has 0 N–H and O–H groups in total. The number of rotatable bonds is 1. The Labute approximate surface area is 47.0 Å². The summed E-state index contributed by atoms with van der Waals surface area (Å²) in [5.41, 5.74) is 0. The van der Waals surface area contributed by atoms with E-state index in [-0.39, 0.29) is 0 Å². The third-order valence-electron chi connectivity index (χ3n) is 0.262. The quantitative estimate of drug-likeness (QED) is 0.288. The Hall–Kier alpha value is 0.250. The summed E-state index contributed by atoms with van der Waals surface area (Å²) in [4.78, 5) is 2.94. The van der Waals surface area contributed by atoms with Gasteiger partial charge in [-0.1, -0.05) is 23.2 Å². The van der Waals surface area contributed by atoms with E-state index in [1.165, 1.54) is 0 Å². The zero-order chi connectivity index (χ0) is 4.99. The van der Waals surface area contributed by atoms with Crippen molar-refractivity contribution in [2.45, 2.75) is 11.9 Å². The van der Waals surface area contributed by atoms with Crippen molar-refractivity contribution in [3.05, 3.63) is 0 Å². The fourth-order valence-electron chi connectivity index (χ4n) is 0.113. The molecule has 0 heterocycles. The molecule has 0 spiro atoms. The second-order valence-corrected chi connectivity index (χ2v) is 1.74. The number of alkyl halides is 2. The molecule has 0 bridgehead atoms. The molecule has 0 saturated heterocycles. The number of nitrogens with zero attached hydrogens (tertiary/aromatic N) is 1. The Bertz CT molecular complexity index is 50.8. The molecule has 0 unspecified atom stereocenters. The molecular weight excluding hydrogens is 121 g/mol. The van der Waals surface area contributed by atoms with Gasteiger partial charge in [0.15, 0.2) is 4.96 Å². The number of hydrogen-bond donors (Lipinski definition) is 0. The third kappa shape index (κ3) is 4.25. The summed E-state index contributed by atoms with van der Waals surface area (Å²) in [5.74, 6) is 0. The predicted molar refractivity (Wildman–Crippen MR) is 29.7 cm³/mol. The molecule has 3 heteroatoms. The van der Waals surface area contributed by atoms with E-state index in [9.17, 15) is 0 Å². The SMILES string of the molecule is C/C=N/C(Cl)Cl. The summed E-state index contributed by atoms with van der Waals surface area (Å²) in [6.45, 7) is 1.76. The van der Waals surface area contributed by atoms with Crippen molar-refractivity contribution < 1.29 is 0 Å². The topological polar surface area (TPSA) is 12.4 Å². The van der Waals surface area contributed by atoms with Crippen LogP contribution >= 0.6 is 23.2 Å². The van der Waals surface area contributed by atoms with Gasteiger partial charge in [0, 0.05) is 0 Å². The minimum Gasteiger partial charge on any atom is -0.262 e. The van der Waals surface area contributed by atoms with E-state index in [2.05, 4.69) is 4.99 Å². The van der Waals surface area contributed by atoms with E-state index in [1.54, 1.807) is 13.1 Å². The molecule has 0 saturated carbocycles. The minimum atomic E-state index is -0.588. The van der Waals surface area contributed by atoms with Crippen molar-refractivity contribution in [3.8, 4) is 0 Å². The average Bonchev–Trinajstić information content (AvgIpc) is 1.35. The monoisotopic (exact) mass is 125 g/mol. The summed E-state index contributed by atoms with van der Waals surface area (Å²) in [6, 6.07) is 0. The van der Waals surface area contributed by atoms with Crippen molar-refractivity contribution in [1.29, 1.82) is 0 Å². The van der Waals surface area contributed by atoms with Gasteiger partial charge in [-0.3, -0.25) is 4.99 Å². The molecule has 6 heavy (non-hydrogen) atoms. The molecule has 0 aromatic rings. The molecule has 0 aliphatic heterocycles. The Morgan fingerprint density at radius 2 is 2.17 bits per heavy atom. The standard InChI is InChI=1S/C3H5Cl2N/c1-2-6-3(4)5/h2-3H,1H3/b6-2+. The van der Waals surface area contributed by atoms with Crippen LogP contribution in [0.2, 0.25) is 0 Å². The lowest BCUT2D eigenvalue weighted by Gasteiger charge is -1.82. The number of halogens is 2. The Balaban J connectivity index is 3.03. The van der Waals surface area contributed by atoms with Crippen LogP contribution in [0.1, 0.15) is 6.92 Å². The van der Waals surface area contributed by atoms with Crippen molar-refractivity contribution in [1.82, 2.24) is 0 Å². The lowest BCUT2D eigenvalue weighted by Crippen LogP contribution is -1.74. The second-order valence-electron chi connectivity index (χ2n) is 0.685. The van der Waals surface area contributed by atoms with Gasteiger partial charge >= 0.3 is 0 Å². The van der Waals surface area contributed by atoms with Crippen molar-refractivity contribution >= 4 is 29.4 Å². The lowest BCUT2D eigenvalue weighted by atomic mass is 10.9. The molecule has 1 nitrogen and oxygen atoms in total. The van der Waals surface area contributed by atoms with Crippen LogP contribution in [0.25, 0.3) is 0 Å². The summed E-state index contributed by atoms with van der Waals surface area (Å²) in [6.07, 6.45) is 1.56. The van der Waals surface area contributed by atoms with E-state index in [1.807, 2.05) is 0 Å². The highest BCUT2D eigenvalue weighted by molar-refractivity contribution is 6.44. The van der Waals surface area contributed by atoms with E-state index < -0.39 is 4.96 Å². The van der Waals surface area contributed by atoms with Crippen LogP contribution < -0.4 is 0 Å². The third-order valence-corrected chi connectivity index (χ3v) is 0.487. The fraction of sp³-hybridized carbons (Fsp3) is 0.667. The Morgan fingerprint density at radius 1 is 1.67 bits per heavy atom. The van der Waals surface area contributed by atoms with Gasteiger partial charge in [0.25, 0.3) is 0 Å². The van der Waals surface area contributed by atoms with Crippen LogP contribution in [0.15, 0.2) is 4.99 Å². The largest absolute Gasteiger partial charge is 0.262 e. The van der Waals surface area contributed by atoms with Gasteiger partial charge in [-0.15, -0.1) is 0 Å². The summed E-state index contributed by atoms with van der Waals surface area (Å²) in [5, 5.41) is 0. The van der Waals surface area contributed by atoms with E-state index in [0.717, 1.165) is 0 Å². The highest BCUT2D eigenvalue weighted by Crippen LogP contribution is 1.99. The van der Waals surface area contributed by atoms with E-state index in [0.29, 0.717) is 0 Å². The van der Waals surface area contributed by atoms with Gasteiger partial charge in [-0.05, 0) is 13.1 Å². The fourth-order valence-corrected chi connectivity index (χ4v) is 0.338. The first-order valence-corrected chi connectivity index (χ1v) is 2.40. The molecule has 0 amide bonds. The smallest absolute Gasteiger partial charge is 0.196 e. The molecule has 0 rings (SSSR count). The first-order chi connectivity index (χ1) is 2.77. The summed E-state index contributed by atoms with van der Waals surface area (Å²) >= 11 is 10.3. The molecule has 0 aromatic carbocycles. The molecule has 0 aromatic heterocycles. The first-order valence-electron chi connectivity index (χ1n) is 1.53. The van der Waals surface area contributed by atoms with Gasteiger partial charge < -0.3 is 0 Å². The average molecular weight is 126 g/mol. The van der Waals surface area contributed by atoms with Gasteiger partial charge in [0.1, 0.15) is 0 Å². The summed E-state index contributed by atoms with van der Waals surface area (Å²) in [7, 11) is 0. The number of aliphatic imine (C=N–C) groups is 1. The predicted octanol–water partition coefficient (Wildman–Crippen LogP) is 1.84. The molecular formula is C3H5Cl2N. The van der Waals surface area contributed by atoms with Crippen LogP contribution in [0.4, 0.5) is 0 Å². The highest BCUT2D eigenvalue weighted by Gasteiger charge is 1.83. The maximum Gasteiger partial charge on any atom is 0.196 e. The zero-order valence-corrected chi connectivity index (χ0v) is 4.87. The van der Waals surface area contributed by atoms with Crippen molar-refractivity contribution in [3.63, 3.8) is 0 Å². The highest BCUT2D eigenvalue weighted by atomic mass is 35.5. The normalized spacial score (nSPS) is 11.3. The molecule has 0 aliphatic carbocycles. The van der Waals surface area contributed by atoms with Crippen LogP contribution in [0.3, 0.4) is 0 Å². The van der Waals surface area contributed by atoms with E-state index >= 15 is 0 Å². The maximum atomic E-state index is 5.15. The van der Waals surface area contributed by atoms with Crippen LogP contribution in [0, 0.1) is 0 Å². The number of hydrogen-bond acceptors (Lipinski definition) is 1. The van der Waals surface area contributed by atoms with Gasteiger partial charge in [-0.25, -0.2) is 0 Å². The molecule has 0 aliphatic rings. The molecule has 0 fully saturated rings. The minimum absolute atomic E-state index is 0.588. The Kier molecular flexibility index (Phi) is 3.58. The maximum absolute atomic E-state index is 5.15. The molecule has 0 atom stereocenters. The van der Waals surface area contributed by atoms with Crippen molar-refractivity contribution in [2.75, 3.05) is 0 Å². The van der Waals surface area contributed by atoms with Crippen LogP contribution in [0.5, 0.6) is 0 Å². The van der Waals surface area contributed by atoms with Crippen LogP contribution in [-0.4, -0.2) is 11.2 Å². The second kappa shape index (κ2) is 3.44. The van der Waals surface area contributed by atoms with Crippen LogP contribution in [-0.2, 0) is 0 Å². The summed E-state index contributed by atoms with van der Waals surface area (Å²) < 4.78 is 0. The van der Waals surface area contributed by atoms with Crippen molar-refractivity contribution in [2.24, 2.45) is 4.99 Å². The van der Waals surface area contributed by atoms with E-state index in [4.69, 9.17) is 23.2 Å². The zero-order valence-electron chi connectivity index (χ0n) is 3.36. The first kappa shape index (κ1) is 6.25. The van der Waals surface area contributed by atoms with Gasteiger partial charge in [0.2, 0.25) is 0 Å². The Morgan fingerprint density at radius 3 is 2.17 bits per heavy atom. The van der Waals surface area contributed by atoms with Gasteiger partial charge in [0.05, 0.1) is 0 Å².